The van der Waals surface area contributed by atoms with Crippen LogP contribution in [0, 0.1) is 0 Å². The lowest BCUT2D eigenvalue weighted by atomic mass is 9.87. The van der Waals surface area contributed by atoms with Gasteiger partial charge in [0.25, 0.3) is 0 Å². The van der Waals surface area contributed by atoms with E-state index in [1.54, 1.807) is 0 Å². The Bertz CT molecular complexity index is 378. The lowest BCUT2D eigenvalue weighted by Gasteiger charge is -2.32. The second-order valence-electron chi connectivity index (χ2n) is 5.73. The van der Waals surface area contributed by atoms with Crippen LogP contribution in [0.15, 0.2) is 24.3 Å². The van der Waals surface area contributed by atoms with Crippen molar-refractivity contribution in [1.29, 1.82) is 0 Å². The van der Waals surface area contributed by atoms with Crippen molar-refractivity contribution in [2.75, 3.05) is 6.54 Å². The lowest BCUT2D eigenvalue weighted by molar-refractivity contribution is 0.230. The fourth-order valence-corrected chi connectivity index (χ4v) is 2.74. The summed E-state index contributed by atoms with van der Waals surface area (Å²) in [4.78, 5) is 0. The van der Waals surface area contributed by atoms with Crippen LogP contribution in [0.4, 0.5) is 0 Å². The van der Waals surface area contributed by atoms with Gasteiger partial charge < -0.3 is 10.1 Å². The average Bonchev–Trinajstić information content (AvgIpc) is 2.55. The van der Waals surface area contributed by atoms with E-state index in [1.165, 1.54) is 31.2 Å². The van der Waals surface area contributed by atoms with Crippen LogP contribution in [0.3, 0.4) is 0 Å². The van der Waals surface area contributed by atoms with Gasteiger partial charge in [0.15, 0.2) is 0 Å². The monoisotopic (exact) mass is 247 g/mol. The van der Waals surface area contributed by atoms with Crippen LogP contribution in [0.2, 0.25) is 0 Å². The van der Waals surface area contributed by atoms with E-state index in [0.717, 1.165) is 12.3 Å². The Morgan fingerprint density at radius 3 is 2.72 bits per heavy atom. The zero-order valence-corrected chi connectivity index (χ0v) is 11.8. The van der Waals surface area contributed by atoms with E-state index in [-0.39, 0.29) is 11.6 Å². The number of benzene rings is 1. The van der Waals surface area contributed by atoms with Gasteiger partial charge in [-0.3, -0.25) is 0 Å². The molecular formula is C16H25NO. The number of hydrogen-bond donors (Lipinski definition) is 1. The molecule has 1 fully saturated rings. The highest BCUT2D eigenvalue weighted by Crippen LogP contribution is 2.35. The van der Waals surface area contributed by atoms with Crippen LogP contribution in [0.5, 0.6) is 5.75 Å². The molecule has 1 aromatic rings. The van der Waals surface area contributed by atoms with Gasteiger partial charge in [0.2, 0.25) is 0 Å². The number of para-hydroxylation sites is 1. The molecule has 0 amide bonds. The molecule has 0 spiro atoms. The molecule has 1 aliphatic rings. The minimum atomic E-state index is 0.0575. The summed E-state index contributed by atoms with van der Waals surface area (Å²) in [5.41, 5.74) is 1.36. The Morgan fingerprint density at radius 2 is 1.94 bits per heavy atom. The second kappa shape index (κ2) is 5.75. The van der Waals surface area contributed by atoms with Crippen molar-refractivity contribution in [3.8, 4) is 5.75 Å². The van der Waals surface area contributed by atoms with Crippen molar-refractivity contribution in [1.82, 2.24) is 5.32 Å². The molecule has 0 radical (unpaired) electrons. The molecule has 100 valence electrons. The number of hydrogen-bond acceptors (Lipinski definition) is 2. The highest BCUT2D eigenvalue weighted by atomic mass is 16.5. The third-order valence-electron chi connectivity index (χ3n) is 3.71. The van der Waals surface area contributed by atoms with Gasteiger partial charge in [-0.25, -0.2) is 0 Å². The van der Waals surface area contributed by atoms with E-state index in [2.05, 4.69) is 50.4 Å². The second-order valence-corrected chi connectivity index (χ2v) is 5.73. The van der Waals surface area contributed by atoms with Crippen molar-refractivity contribution in [3.05, 3.63) is 29.8 Å². The summed E-state index contributed by atoms with van der Waals surface area (Å²) in [6, 6.07) is 8.46. The van der Waals surface area contributed by atoms with Gasteiger partial charge in [-0.15, -0.1) is 0 Å². The first-order valence-electron chi connectivity index (χ1n) is 7.13. The van der Waals surface area contributed by atoms with E-state index in [4.69, 9.17) is 4.74 Å². The number of ether oxygens (including phenoxy) is 1. The van der Waals surface area contributed by atoms with Gasteiger partial charge in [0, 0.05) is 11.1 Å². The molecule has 0 aromatic heterocycles. The quantitative estimate of drug-likeness (QED) is 0.876. The summed E-state index contributed by atoms with van der Waals surface area (Å²) in [5.74, 6) is 1.03. The molecule has 0 aliphatic carbocycles. The Hall–Kier alpha value is -1.02. The molecule has 1 aromatic carbocycles. The fourth-order valence-electron chi connectivity index (χ4n) is 2.74. The predicted molar refractivity (Wildman–Crippen MR) is 76.0 cm³/mol. The molecule has 1 N–H and O–H groups in total. The minimum Gasteiger partial charge on any atom is -0.491 e. The molecule has 1 saturated heterocycles. The van der Waals surface area contributed by atoms with Crippen molar-refractivity contribution >= 4 is 0 Å². The molecule has 1 atom stereocenters. The maximum Gasteiger partial charge on any atom is 0.124 e. The van der Waals surface area contributed by atoms with Crippen LogP contribution in [-0.4, -0.2) is 12.6 Å². The molecule has 2 heteroatoms. The maximum atomic E-state index is 5.96. The summed E-state index contributed by atoms with van der Waals surface area (Å²) < 4.78 is 5.96. The molecule has 1 heterocycles. The molecule has 2 nitrogen and oxygen atoms in total. The first-order valence-corrected chi connectivity index (χ1v) is 7.13. The number of rotatable bonds is 3. The van der Waals surface area contributed by atoms with E-state index in [9.17, 15) is 0 Å². The zero-order chi connectivity index (χ0) is 13.0. The Kier molecular flexibility index (Phi) is 4.28. The summed E-state index contributed by atoms with van der Waals surface area (Å²) in [7, 11) is 0. The molecule has 0 saturated carbocycles. The van der Waals surface area contributed by atoms with Gasteiger partial charge in [0.1, 0.15) is 5.75 Å². The maximum absolute atomic E-state index is 5.96. The third kappa shape index (κ3) is 3.05. The first kappa shape index (κ1) is 13.4. The summed E-state index contributed by atoms with van der Waals surface area (Å²) in [5, 5.41) is 3.71. The summed E-state index contributed by atoms with van der Waals surface area (Å²) >= 11 is 0. The summed E-state index contributed by atoms with van der Waals surface area (Å²) in [6.45, 7) is 7.58. The van der Waals surface area contributed by atoms with E-state index in [1.807, 2.05) is 0 Å². The number of nitrogens with one attached hydrogen (secondary N) is 1. The topological polar surface area (TPSA) is 21.3 Å². The van der Waals surface area contributed by atoms with Gasteiger partial charge in [0.05, 0.1) is 6.10 Å². The van der Waals surface area contributed by atoms with E-state index in [0.29, 0.717) is 0 Å². The Morgan fingerprint density at radius 1 is 1.17 bits per heavy atom. The summed E-state index contributed by atoms with van der Waals surface area (Å²) in [6.07, 6.45) is 5.31. The van der Waals surface area contributed by atoms with E-state index >= 15 is 0 Å². The van der Waals surface area contributed by atoms with E-state index < -0.39 is 0 Å². The SMILES string of the molecule is CC(C)Oc1ccccc1C1(C)CCCCCN1. The van der Waals surface area contributed by atoms with Gasteiger partial charge in [-0.2, -0.15) is 0 Å². The van der Waals surface area contributed by atoms with Gasteiger partial charge >= 0.3 is 0 Å². The van der Waals surface area contributed by atoms with Crippen molar-refractivity contribution in [2.45, 2.75) is 58.1 Å². The Balaban J connectivity index is 2.30. The predicted octanol–water partition coefficient (Wildman–Crippen LogP) is 3.85. The standard InChI is InChI=1S/C16H25NO/c1-13(2)18-15-10-6-5-9-14(15)16(3)11-7-4-8-12-17-16/h5-6,9-10,13,17H,4,7-8,11-12H2,1-3H3. The smallest absolute Gasteiger partial charge is 0.124 e. The molecule has 2 rings (SSSR count). The van der Waals surface area contributed by atoms with Crippen molar-refractivity contribution in [2.24, 2.45) is 0 Å². The van der Waals surface area contributed by atoms with Crippen LogP contribution in [0.1, 0.15) is 52.0 Å². The van der Waals surface area contributed by atoms with Crippen LogP contribution < -0.4 is 10.1 Å². The van der Waals surface area contributed by atoms with Crippen LogP contribution in [-0.2, 0) is 5.54 Å². The lowest BCUT2D eigenvalue weighted by Crippen LogP contribution is -2.39. The zero-order valence-electron chi connectivity index (χ0n) is 11.8. The molecule has 18 heavy (non-hydrogen) atoms. The minimum absolute atomic E-state index is 0.0575. The fraction of sp³-hybridized carbons (Fsp3) is 0.625. The Labute approximate surface area is 111 Å². The van der Waals surface area contributed by atoms with Gasteiger partial charge in [-0.1, -0.05) is 31.0 Å². The molecule has 0 bridgehead atoms. The van der Waals surface area contributed by atoms with Gasteiger partial charge in [-0.05, 0) is 46.2 Å². The van der Waals surface area contributed by atoms with Crippen molar-refractivity contribution in [3.63, 3.8) is 0 Å². The van der Waals surface area contributed by atoms with Crippen LogP contribution >= 0.6 is 0 Å². The molecule has 1 unspecified atom stereocenters. The molecule has 1 aliphatic heterocycles. The normalized spacial score (nSPS) is 24.9. The highest BCUT2D eigenvalue weighted by molar-refractivity contribution is 5.39. The first-order chi connectivity index (χ1) is 8.62. The third-order valence-corrected chi connectivity index (χ3v) is 3.71. The largest absolute Gasteiger partial charge is 0.491 e. The highest BCUT2D eigenvalue weighted by Gasteiger charge is 2.30. The average molecular weight is 247 g/mol. The molecular weight excluding hydrogens is 222 g/mol. The van der Waals surface area contributed by atoms with Crippen molar-refractivity contribution < 1.29 is 4.74 Å². The van der Waals surface area contributed by atoms with Crippen LogP contribution in [0.25, 0.3) is 0 Å².